The van der Waals surface area contributed by atoms with Crippen molar-refractivity contribution in [2.45, 2.75) is 35.4 Å². The summed E-state index contributed by atoms with van der Waals surface area (Å²) in [5.41, 5.74) is 0. The van der Waals surface area contributed by atoms with Crippen molar-refractivity contribution in [3.05, 3.63) is 29.3 Å². The van der Waals surface area contributed by atoms with Crippen LogP contribution in [0.5, 0.6) is 0 Å². The number of carbonyl (C=O) groups excluding carboxylic acids is 1. The van der Waals surface area contributed by atoms with Crippen LogP contribution in [0.1, 0.15) is 19.3 Å². The standard InChI is InChI=1S/C16H21ClN2O3S2/c17-12-3-1-5-14(9-12)23-15-6-7-19(10-15)16(20)18-13-4-2-8-24(21,22)11-13/h1,3,5,9,13,15H,2,4,6-8,10-11H2,(H,18,20). The van der Waals surface area contributed by atoms with Crippen LogP contribution in [-0.4, -0.2) is 55.2 Å². The van der Waals surface area contributed by atoms with E-state index in [0.29, 0.717) is 29.8 Å². The molecule has 2 heterocycles. The van der Waals surface area contributed by atoms with Crippen LogP contribution in [0.3, 0.4) is 0 Å². The van der Waals surface area contributed by atoms with Crippen molar-refractivity contribution < 1.29 is 13.2 Å². The molecule has 2 atom stereocenters. The summed E-state index contributed by atoms with van der Waals surface area (Å²) in [4.78, 5) is 15.3. The molecule has 3 rings (SSSR count). The van der Waals surface area contributed by atoms with Crippen LogP contribution in [-0.2, 0) is 9.84 Å². The molecule has 0 aliphatic carbocycles. The second-order valence-electron chi connectivity index (χ2n) is 6.33. The van der Waals surface area contributed by atoms with Crippen LogP contribution in [0.25, 0.3) is 0 Å². The number of hydrogen-bond acceptors (Lipinski definition) is 4. The Balaban J connectivity index is 1.50. The van der Waals surface area contributed by atoms with Gasteiger partial charge in [0.05, 0.1) is 11.5 Å². The topological polar surface area (TPSA) is 66.5 Å². The Morgan fingerprint density at radius 2 is 2.17 bits per heavy atom. The largest absolute Gasteiger partial charge is 0.334 e. The number of rotatable bonds is 3. The fraction of sp³-hybridized carbons (Fsp3) is 0.562. The van der Waals surface area contributed by atoms with Crippen molar-refractivity contribution in [2.75, 3.05) is 24.6 Å². The zero-order valence-corrected chi connectivity index (χ0v) is 15.7. The third-order valence-corrected chi connectivity index (χ3v) is 7.62. The molecule has 2 aliphatic heterocycles. The SMILES string of the molecule is O=C(NC1CCCS(=O)(=O)C1)N1CCC(Sc2cccc(Cl)c2)C1. The maximum atomic E-state index is 12.4. The summed E-state index contributed by atoms with van der Waals surface area (Å²) in [6, 6.07) is 7.32. The summed E-state index contributed by atoms with van der Waals surface area (Å²) >= 11 is 7.73. The fourth-order valence-electron chi connectivity index (χ4n) is 3.14. The second-order valence-corrected chi connectivity index (χ2v) is 10.4. The lowest BCUT2D eigenvalue weighted by Crippen LogP contribution is -2.48. The van der Waals surface area contributed by atoms with E-state index in [4.69, 9.17) is 11.6 Å². The molecule has 0 aromatic heterocycles. The molecule has 2 unspecified atom stereocenters. The lowest BCUT2D eigenvalue weighted by atomic mass is 10.2. The second kappa shape index (κ2) is 7.54. The monoisotopic (exact) mass is 388 g/mol. The highest BCUT2D eigenvalue weighted by molar-refractivity contribution is 8.00. The van der Waals surface area contributed by atoms with Crippen molar-refractivity contribution in [2.24, 2.45) is 0 Å². The molecule has 2 amide bonds. The molecule has 2 saturated heterocycles. The van der Waals surface area contributed by atoms with E-state index in [1.54, 1.807) is 16.7 Å². The van der Waals surface area contributed by atoms with Gasteiger partial charge in [-0.2, -0.15) is 0 Å². The number of nitrogens with zero attached hydrogens (tertiary/aromatic N) is 1. The number of likely N-dealkylation sites (tertiary alicyclic amines) is 1. The highest BCUT2D eigenvalue weighted by atomic mass is 35.5. The number of urea groups is 1. The van der Waals surface area contributed by atoms with E-state index in [9.17, 15) is 13.2 Å². The molecule has 2 aliphatic rings. The average molecular weight is 389 g/mol. The lowest BCUT2D eigenvalue weighted by molar-refractivity contribution is 0.205. The Hall–Kier alpha value is -0.920. The molecule has 0 radical (unpaired) electrons. The lowest BCUT2D eigenvalue weighted by Gasteiger charge is -2.26. The van der Waals surface area contributed by atoms with Crippen LogP contribution in [0.4, 0.5) is 4.79 Å². The van der Waals surface area contributed by atoms with Crippen molar-refractivity contribution in [3.63, 3.8) is 0 Å². The van der Waals surface area contributed by atoms with Gasteiger partial charge in [0.15, 0.2) is 9.84 Å². The molecule has 8 heteroatoms. The number of nitrogens with one attached hydrogen (secondary N) is 1. The van der Waals surface area contributed by atoms with E-state index in [0.717, 1.165) is 17.7 Å². The van der Waals surface area contributed by atoms with Crippen molar-refractivity contribution in [1.82, 2.24) is 10.2 Å². The van der Waals surface area contributed by atoms with E-state index < -0.39 is 9.84 Å². The van der Waals surface area contributed by atoms with Gasteiger partial charge >= 0.3 is 6.03 Å². The van der Waals surface area contributed by atoms with Crippen molar-refractivity contribution >= 4 is 39.2 Å². The highest BCUT2D eigenvalue weighted by Crippen LogP contribution is 2.31. The summed E-state index contributed by atoms with van der Waals surface area (Å²) in [5.74, 6) is 0.300. The van der Waals surface area contributed by atoms with E-state index in [2.05, 4.69) is 5.32 Å². The molecule has 1 N–H and O–H groups in total. The Bertz CT molecular complexity index is 711. The van der Waals surface area contributed by atoms with Crippen LogP contribution >= 0.6 is 23.4 Å². The minimum absolute atomic E-state index is 0.0628. The molecular weight excluding hydrogens is 368 g/mol. The average Bonchev–Trinajstić information content (AvgIpc) is 2.95. The van der Waals surface area contributed by atoms with E-state index in [1.165, 1.54) is 0 Å². The summed E-state index contributed by atoms with van der Waals surface area (Å²) in [6.07, 6.45) is 2.29. The first-order chi connectivity index (χ1) is 11.4. The smallest absolute Gasteiger partial charge is 0.317 e. The van der Waals surface area contributed by atoms with Crippen molar-refractivity contribution in [3.8, 4) is 0 Å². The van der Waals surface area contributed by atoms with E-state index in [1.807, 2.05) is 24.3 Å². The zero-order chi connectivity index (χ0) is 17.2. The van der Waals surface area contributed by atoms with Crippen LogP contribution in [0.2, 0.25) is 5.02 Å². The van der Waals surface area contributed by atoms with Crippen molar-refractivity contribution in [1.29, 1.82) is 0 Å². The summed E-state index contributed by atoms with van der Waals surface area (Å²) < 4.78 is 23.3. The Labute approximate surface area is 152 Å². The van der Waals surface area contributed by atoms with E-state index >= 15 is 0 Å². The van der Waals surface area contributed by atoms with E-state index in [-0.39, 0.29) is 23.6 Å². The third-order valence-electron chi connectivity index (χ3n) is 4.32. The number of carbonyl (C=O) groups is 1. The number of sulfone groups is 1. The highest BCUT2D eigenvalue weighted by Gasteiger charge is 2.31. The Morgan fingerprint density at radius 1 is 1.33 bits per heavy atom. The number of benzene rings is 1. The molecule has 1 aromatic rings. The maximum Gasteiger partial charge on any atom is 0.317 e. The van der Waals surface area contributed by atoms with Crippen LogP contribution < -0.4 is 5.32 Å². The maximum absolute atomic E-state index is 12.4. The minimum atomic E-state index is -3.01. The molecule has 0 saturated carbocycles. The van der Waals surface area contributed by atoms with Gasteiger partial charge in [-0.1, -0.05) is 17.7 Å². The van der Waals surface area contributed by atoms with Gasteiger partial charge in [0.2, 0.25) is 0 Å². The Morgan fingerprint density at radius 3 is 2.92 bits per heavy atom. The van der Waals surface area contributed by atoms with Gasteiger partial charge in [-0.05, 0) is 37.5 Å². The first-order valence-corrected chi connectivity index (χ1v) is 11.2. The normalized spacial score (nSPS) is 26.3. The predicted octanol–water partition coefficient (Wildman–Crippen LogP) is 2.79. The van der Waals surface area contributed by atoms with Gasteiger partial charge < -0.3 is 10.2 Å². The Kier molecular flexibility index (Phi) is 5.62. The number of halogens is 1. The molecule has 0 bridgehead atoms. The number of amides is 2. The molecule has 1 aromatic carbocycles. The summed E-state index contributed by atoms with van der Waals surface area (Å²) in [5, 5.41) is 3.94. The number of thioether (sulfide) groups is 1. The zero-order valence-electron chi connectivity index (χ0n) is 13.3. The van der Waals surface area contributed by atoms with Gasteiger partial charge in [-0.15, -0.1) is 11.8 Å². The van der Waals surface area contributed by atoms with Gasteiger partial charge in [0.1, 0.15) is 0 Å². The summed E-state index contributed by atoms with van der Waals surface area (Å²) in [7, 11) is -3.01. The van der Waals surface area contributed by atoms with Gasteiger partial charge in [-0.3, -0.25) is 0 Å². The summed E-state index contributed by atoms with van der Waals surface area (Å²) in [6.45, 7) is 1.37. The number of hydrogen-bond donors (Lipinski definition) is 1. The minimum Gasteiger partial charge on any atom is -0.334 e. The van der Waals surface area contributed by atoms with Crippen LogP contribution in [0, 0.1) is 0 Å². The molecule has 5 nitrogen and oxygen atoms in total. The first kappa shape index (κ1) is 17.9. The van der Waals surface area contributed by atoms with Gasteiger partial charge in [0, 0.05) is 34.3 Å². The molecular formula is C16H21ClN2O3S2. The first-order valence-electron chi connectivity index (χ1n) is 8.09. The fourth-order valence-corrected chi connectivity index (χ4v) is 6.25. The molecule has 0 spiro atoms. The molecule has 132 valence electrons. The molecule has 24 heavy (non-hydrogen) atoms. The molecule has 2 fully saturated rings. The quantitative estimate of drug-likeness (QED) is 0.864. The van der Waals surface area contributed by atoms with Gasteiger partial charge in [0.25, 0.3) is 0 Å². The van der Waals surface area contributed by atoms with Gasteiger partial charge in [-0.25, -0.2) is 13.2 Å². The van der Waals surface area contributed by atoms with Crippen LogP contribution in [0.15, 0.2) is 29.2 Å². The third kappa shape index (κ3) is 4.80. The predicted molar refractivity (Wildman–Crippen MR) is 97.5 cm³/mol.